The summed E-state index contributed by atoms with van der Waals surface area (Å²) in [5.41, 5.74) is 3.84. The quantitative estimate of drug-likeness (QED) is 0.710. The van der Waals surface area contributed by atoms with Gasteiger partial charge in [0.1, 0.15) is 5.58 Å². The van der Waals surface area contributed by atoms with Crippen LogP contribution in [0.1, 0.15) is 21.5 Å². The number of carbonyl (C=O) groups excluding carboxylic acids is 2. The molecule has 4 rings (SSSR count). The van der Waals surface area contributed by atoms with Gasteiger partial charge in [0.05, 0.1) is 19.5 Å². The van der Waals surface area contributed by atoms with Gasteiger partial charge in [-0.2, -0.15) is 0 Å². The van der Waals surface area contributed by atoms with Gasteiger partial charge in [0.2, 0.25) is 0 Å². The van der Waals surface area contributed by atoms with Gasteiger partial charge in [0.15, 0.2) is 0 Å². The van der Waals surface area contributed by atoms with Crippen LogP contribution < -0.4 is 10.6 Å². The lowest BCUT2D eigenvalue weighted by Crippen LogP contribution is -2.41. The third-order valence-corrected chi connectivity index (χ3v) is 4.99. The Bertz CT molecular complexity index is 1040. The number of furan rings is 1. The minimum Gasteiger partial charge on any atom is -0.464 e. The molecule has 0 spiro atoms. The number of benzene rings is 2. The first-order valence-electron chi connectivity index (χ1n) is 9.59. The van der Waals surface area contributed by atoms with Crippen molar-refractivity contribution in [1.29, 1.82) is 0 Å². The van der Waals surface area contributed by atoms with E-state index in [1.165, 1.54) is 0 Å². The van der Waals surface area contributed by atoms with Crippen LogP contribution in [-0.2, 0) is 11.3 Å². The molecule has 0 unspecified atom stereocenters. The zero-order valence-corrected chi connectivity index (χ0v) is 16.2. The molecule has 0 bridgehead atoms. The van der Waals surface area contributed by atoms with E-state index in [-0.39, 0.29) is 11.9 Å². The zero-order chi connectivity index (χ0) is 20.2. The number of hydrogen-bond donors (Lipinski definition) is 2. The summed E-state index contributed by atoms with van der Waals surface area (Å²) in [4.78, 5) is 26.9. The maximum absolute atomic E-state index is 12.8. The van der Waals surface area contributed by atoms with Gasteiger partial charge >= 0.3 is 6.03 Å². The van der Waals surface area contributed by atoms with Crippen molar-refractivity contribution in [2.24, 2.45) is 0 Å². The van der Waals surface area contributed by atoms with Gasteiger partial charge in [0.25, 0.3) is 5.91 Å². The van der Waals surface area contributed by atoms with Crippen LogP contribution in [-0.4, -0.2) is 43.1 Å². The van der Waals surface area contributed by atoms with E-state index in [4.69, 9.17) is 9.15 Å². The molecule has 29 heavy (non-hydrogen) atoms. The van der Waals surface area contributed by atoms with Gasteiger partial charge < -0.3 is 24.7 Å². The molecule has 3 aromatic rings. The van der Waals surface area contributed by atoms with Gasteiger partial charge in [-0.25, -0.2) is 4.79 Å². The summed E-state index contributed by atoms with van der Waals surface area (Å²) >= 11 is 0. The topological polar surface area (TPSA) is 83.8 Å². The van der Waals surface area contributed by atoms with Crippen molar-refractivity contribution in [1.82, 2.24) is 10.2 Å². The molecule has 0 atom stereocenters. The average molecular weight is 393 g/mol. The van der Waals surface area contributed by atoms with Crippen LogP contribution in [0.4, 0.5) is 10.5 Å². The lowest BCUT2D eigenvalue weighted by atomic mass is 10.1. The van der Waals surface area contributed by atoms with Crippen molar-refractivity contribution in [2.45, 2.75) is 13.5 Å². The van der Waals surface area contributed by atoms with Crippen LogP contribution in [0, 0.1) is 6.92 Å². The first-order valence-corrected chi connectivity index (χ1v) is 9.59. The largest absolute Gasteiger partial charge is 0.464 e. The predicted octanol–water partition coefficient (Wildman–Crippen LogP) is 3.54. The summed E-state index contributed by atoms with van der Waals surface area (Å²) in [5.74, 6) is -0.0386. The maximum atomic E-state index is 12.8. The number of rotatable bonds is 4. The Kier molecular flexibility index (Phi) is 5.48. The van der Waals surface area contributed by atoms with Crippen molar-refractivity contribution >= 4 is 28.6 Å². The third kappa shape index (κ3) is 4.41. The van der Waals surface area contributed by atoms with Crippen LogP contribution in [0.25, 0.3) is 11.0 Å². The van der Waals surface area contributed by atoms with E-state index in [0.717, 1.165) is 22.1 Å². The molecule has 7 nitrogen and oxygen atoms in total. The Morgan fingerprint density at radius 3 is 2.72 bits per heavy atom. The lowest BCUT2D eigenvalue weighted by molar-refractivity contribution is 0.0302. The van der Waals surface area contributed by atoms with E-state index >= 15 is 0 Å². The van der Waals surface area contributed by atoms with Crippen LogP contribution >= 0.6 is 0 Å². The Morgan fingerprint density at radius 2 is 1.90 bits per heavy atom. The van der Waals surface area contributed by atoms with Crippen molar-refractivity contribution in [3.63, 3.8) is 0 Å². The molecule has 1 aromatic heterocycles. The highest BCUT2D eigenvalue weighted by molar-refractivity contribution is 5.98. The second-order valence-electron chi connectivity index (χ2n) is 7.03. The van der Waals surface area contributed by atoms with Gasteiger partial charge in [-0.1, -0.05) is 12.1 Å². The Hall–Kier alpha value is -3.32. The number of anilines is 1. The molecule has 2 aromatic carbocycles. The van der Waals surface area contributed by atoms with E-state index in [0.29, 0.717) is 44.1 Å². The van der Waals surface area contributed by atoms with E-state index in [2.05, 4.69) is 10.6 Å². The van der Waals surface area contributed by atoms with Gasteiger partial charge in [-0.3, -0.25) is 4.79 Å². The number of ether oxygens (including phenoxy) is 1. The molecular formula is C22H23N3O4. The van der Waals surface area contributed by atoms with Crippen LogP contribution in [0.2, 0.25) is 0 Å². The van der Waals surface area contributed by atoms with Crippen LogP contribution in [0.3, 0.4) is 0 Å². The second-order valence-corrected chi connectivity index (χ2v) is 7.03. The van der Waals surface area contributed by atoms with Crippen LogP contribution in [0.15, 0.2) is 53.1 Å². The SMILES string of the molecule is Cc1ccc(NC(=O)NCc2ccc3occc3c2)cc1C(=O)N1CCOCC1. The van der Waals surface area contributed by atoms with Crippen LogP contribution in [0.5, 0.6) is 0 Å². The van der Waals surface area contributed by atoms with E-state index in [9.17, 15) is 9.59 Å². The van der Waals surface area contributed by atoms with E-state index in [1.807, 2.05) is 37.3 Å². The summed E-state index contributed by atoms with van der Waals surface area (Å²) in [7, 11) is 0. The summed E-state index contributed by atoms with van der Waals surface area (Å²) < 4.78 is 10.6. The van der Waals surface area contributed by atoms with Gasteiger partial charge in [-0.15, -0.1) is 0 Å². The fourth-order valence-electron chi connectivity index (χ4n) is 3.35. The van der Waals surface area contributed by atoms with Crippen molar-refractivity contribution in [2.75, 3.05) is 31.6 Å². The fraction of sp³-hybridized carbons (Fsp3) is 0.273. The standard InChI is InChI=1S/C22H23N3O4/c1-15-2-4-18(13-19(15)21(26)25-7-10-28-11-8-25)24-22(27)23-14-16-3-5-20-17(12-16)6-9-29-20/h2-6,9,12-13H,7-8,10-11,14H2,1H3,(H2,23,24,27). The smallest absolute Gasteiger partial charge is 0.319 e. The molecule has 7 heteroatoms. The van der Waals surface area contributed by atoms with Crippen molar-refractivity contribution in [3.05, 3.63) is 65.4 Å². The Balaban J connectivity index is 1.39. The summed E-state index contributed by atoms with van der Waals surface area (Å²) in [5, 5.41) is 6.64. The highest BCUT2D eigenvalue weighted by Gasteiger charge is 2.20. The third-order valence-electron chi connectivity index (χ3n) is 4.99. The number of morpholine rings is 1. The summed E-state index contributed by atoms with van der Waals surface area (Å²) in [6.45, 7) is 4.54. The van der Waals surface area contributed by atoms with Crippen molar-refractivity contribution in [3.8, 4) is 0 Å². The summed E-state index contributed by atoms with van der Waals surface area (Å²) in [6.07, 6.45) is 1.64. The zero-order valence-electron chi connectivity index (χ0n) is 16.2. The number of urea groups is 1. The normalized spacial score (nSPS) is 14.0. The van der Waals surface area contributed by atoms with E-state index in [1.54, 1.807) is 23.3 Å². The molecule has 1 aliphatic heterocycles. The monoisotopic (exact) mass is 393 g/mol. The minimum absolute atomic E-state index is 0.0386. The number of amides is 3. The average Bonchev–Trinajstić information content (AvgIpc) is 3.22. The van der Waals surface area contributed by atoms with Gasteiger partial charge in [0, 0.05) is 36.3 Å². The molecule has 1 aliphatic rings. The first-order chi connectivity index (χ1) is 14.1. The Morgan fingerprint density at radius 1 is 1.07 bits per heavy atom. The molecule has 0 aliphatic carbocycles. The molecule has 1 saturated heterocycles. The van der Waals surface area contributed by atoms with Crippen molar-refractivity contribution < 1.29 is 18.7 Å². The van der Waals surface area contributed by atoms with Gasteiger partial charge in [-0.05, 0) is 48.4 Å². The number of hydrogen-bond acceptors (Lipinski definition) is 4. The maximum Gasteiger partial charge on any atom is 0.319 e. The number of fused-ring (bicyclic) bond motifs is 1. The fourth-order valence-corrected chi connectivity index (χ4v) is 3.35. The molecule has 3 amide bonds. The molecule has 0 radical (unpaired) electrons. The second kappa shape index (κ2) is 8.36. The first kappa shape index (κ1) is 19.0. The molecule has 1 fully saturated rings. The lowest BCUT2D eigenvalue weighted by Gasteiger charge is -2.27. The summed E-state index contributed by atoms with van der Waals surface area (Å²) in [6, 6.07) is 12.7. The minimum atomic E-state index is -0.328. The predicted molar refractivity (Wildman–Crippen MR) is 110 cm³/mol. The molecule has 2 heterocycles. The molecule has 2 N–H and O–H groups in total. The number of nitrogens with one attached hydrogen (secondary N) is 2. The molecule has 0 saturated carbocycles. The molecule has 150 valence electrons. The molecular weight excluding hydrogens is 370 g/mol. The number of carbonyl (C=O) groups is 2. The number of nitrogens with zero attached hydrogens (tertiary/aromatic N) is 1. The highest BCUT2D eigenvalue weighted by atomic mass is 16.5. The van der Waals surface area contributed by atoms with E-state index < -0.39 is 0 Å². The Labute approximate surface area is 168 Å². The highest BCUT2D eigenvalue weighted by Crippen LogP contribution is 2.19. The number of aryl methyl sites for hydroxylation is 1.